The van der Waals surface area contributed by atoms with Crippen LogP contribution >= 0.6 is 11.3 Å². The van der Waals surface area contributed by atoms with E-state index in [1.165, 1.54) is 29.9 Å². The quantitative estimate of drug-likeness (QED) is 0.648. The summed E-state index contributed by atoms with van der Waals surface area (Å²) in [6, 6.07) is 17.7. The van der Waals surface area contributed by atoms with Gasteiger partial charge in [-0.2, -0.15) is 0 Å². The van der Waals surface area contributed by atoms with Crippen molar-refractivity contribution >= 4 is 28.6 Å². The second-order valence-electron chi connectivity index (χ2n) is 6.82. The van der Waals surface area contributed by atoms with E-state index >= 15 is 0 Å². The first kappa shape index (κ1) is 18.5. The molecule has 4 rings (SSSR count). The summed E-state index contributed by atoms with van der Waals surface area (Å²) in [5.41, 5.74) is 2.73. The summed E-state index contributed by atoms with van der Waals surface area (Å²) in [5, 5.41) is 3.76. The number of carbonyl (C=O) groups is 1. The fourth-order valence-corrected chi connectivity index (χ4v) is 4.18. The summed E-state index contributed by atoms with van der Waals surface area (Å²) in [6.45, 7) is 4.43. The number of nitrogens with one attached hydrogen (secondary N) is 1. The van der Waals surface area contributed by atoms with E-state index in [9.17, 15) is 4.79 Å². The number of rotatable bonds is 6. The number of hydrogen-bond donors (Lipinski definition) is 1. The number of para-hydroxylation sites is 1. The van der Waals surface area contributed by atoms with E-state index in [1.54, 1.807) is 0 Å². The lowest BCUT2D eigenvalue weighted by Crippen LogP contribution is -2.17. The Morgan fingerprint density at radius 1 is 1.11 bits per heavy atom. The number of anilines is 2. The third-order valence-corrected chi connectivity index (χ3v) is 5.88. The molecule has 0 bridgehead atoms. The van der Waals surface area contributed by atoms with Crippen molar-refractivity contribution in [2.45, 2.75) is 26.4 Å². The highest BCUT2D eigenvalue weighted by Crippen LogP contribution is 2.24. The highest BCUT2D eigenvalue weighted by Gasteiger charge is 2.17. The number of amides is 1. The Bertz CT molecular complexity index is 932. The summed E-state index contributed by atoms with van der Waals surface area (Å²) < 4.78 is 5.73. The maximum absolute atomic E-state index is 12.7. The molecule has 0 radical (unpaired) electrons. The van der Waals surface area contributed by atoms with E-state index in [1.807, 2.05) is 49.4 Å². The third kappa shape index (κ3) is 4.34. The van der Waals surface area contributed by atoms with Gasteiger partial charge in [-0.15, -0.1) is 11.3 Å². The minimum absolute atomic E-state index is 0.130. The molecule has 1 N–H and O–H groups in total. The standard InChI is InChI=1S/C22H23N3O2S/c1-16-21(28-20(23-16)15-27-19-7-3-2-4-8-19)22(26)24-17-9-11-18(12-10-17)25-13-5-6-14-25/h2-4,7-12H,5-6,13-15H2,1H3,(H,24,26). The van der Waals surface area contributed by atoms with Gasteiger partial charge < -0.3 is 15.0 Å². The molecule has 2 heterocycles. The highest BCUT2D eigenvalue weighted by molar-refractivity contribution is 7.13. The predicted molar refractivity (Wildman–Crippen MR) is 113 cm³/mol. The fourth-order valence-electron chi connectivity index (χ4n) is 3.31. The number of nitrogens with zero attached hydrogens (tertiary/aromatic N) is 2. The van der Waals surface area contributed by atoms with E-state index in [0.29, 0.717) is 11.5 Å². The van der Waals surface area contributed by atoms with Gasteiger partial charge in [0.15, 0.2) is 0 Å². The van der Waals surface area contributed by atoms with Gasteiger partial charge in [0.1, 0.15) is 22.2 Å². The lowest BCUT2D eigenvalue weighted by Gasteiger charge is -2.17. The third-order valence-electron chi connectivity index (χ3n) is 4.75. The zero-order valence-corrected chi connectivity index (χ0v) is 16.7. The van der Waals surface area contributed by atoms with Gasteiger partial charge in [-0.25, -0.2) is 4.98 Å². The van der Waals surface area contributed by atoms with Crippen LogP contribution < -0.4 is 15.0 Å². The van der Waals surface area contributed by atoms with Crippen LogP contribution in [0.25, 0.3) is 0 Å². The number of benzene rings is 2. The SMILES string of the molecule is Cc1nc(COc2ccccc2)sc1C(=O)Nc1ccc(N2CCCC2)cc1. The molecular weight excluding hydrogens is 370 g/mol. The molecule has 1 aliphatic rings. The zero-order chi connectivity index (χ0) is 19.3. The summed E-state index contributed by atoms with van der Waals surface area (Å²) in [5.74, 6) is 0.661. The first-order chi connectivity index (χ1) is 13.7. The molecule has 1 aliphatic heterocycles. The fraction of sp³-hybridized carbons (Fsp3) is 0.273. The van der Waals surface area contributed by atoms with Gasteiger partial charge in [0, 0.05) is 24.5 Å². The molecule has 6 heteroatoms. The van der Waals surface area contributed by atoms with E-state index in [2.05, 4.69) is 27.3 Å². The minimum Gasteiger partial charge on any atom is -0.486 e. The van der Waals surface area contributed by atoms with Gasteiger partial charge in [-0.3, -0.25) is 4.79 Å². The summed E-state index contributed by atoms with van der Waals surface area (Å²) in [7, 11) is 0. The molecule has 0 atom stereocenters. The Hall–Kier alpha value is -2.86. The van der Waals surface area contributed by atoms with Gasteiger partial charge in [0.2, 0.25) is 0 Å². The number of hydrogen-bond acceptors (Lipinski definition) is 5. The van der Waals surface area contributed by atoms with Gasteiger partial charge in [-0.1, -0.05) is 18.2 Å². The number of carbonyl (C=O) groups excluding carboxylic acids is 1. The molecule has 0 saturated carbocycles. The van der Waals surface area contributed by atoms with Crippen LogP contribution in [-0.2, 0) is 6.61 Å². The summed E-state index contributed by atoms with van der Waals surface area (Å²) >= 11 is 1.37. The molecule has 1 amide bonds. The summed E-state index contributed by atoms with van der Waals surface area (Å²) in [6.07, 6.45) is 2.50. The summed E-state index contributed by atoms with van der Waals surface area (Å²) in [4.78, 5) is 20.1. The van der Waals surface area contributed by atoms with Gasteiger partial charge in [0.05, 0.1) is 5.69 Å². The van der Waals surface area contributed by atoms with Gasteiger partial charge in [0.25, 0.3) is 5.91 Å². The van der Waals surface area contributed by atoms with Crippen LogP contribution in [0.2, 0.25) is 0 Å². The second kappa shape index (κ2) is 8.44. The molecule has 1 fully saturated rings. The van der Waals surface area contributed by atoms with Crippen LogP contribution in [0, 0.1) is 6.92 Å². The van der Waals surface area contributed by atoms with E-state index in [4.69, 9.17) is 4.74 Å². The average Bonchev–Trinajstić information content (AvgIpc) is 3.38. The lowest BCUT2D eigenvalue weighted by atomic mass is 10.2. The Morgan fingerprint density at radius 3 is 2.54 bits per heavy atom. The molecule has 2 aromatic carbocycles. The Morgan fingerprint density at radius 2 is 1.82 bits per heavy atom. The second-order valence-corrected chi connectivity index (χ2v) is 7.90. The molecule has 1 saturated heterocycles. The van der Waals surface area contributed by atoms with Crippen molar-refractivity contribution in [1.29, 1.82) is 0 Å². The molecule has 0 aliphatic carbocycles. The van der Waals surface area contributed by atoms with Gasteiger partial charge >= 0.3 is 0 Å². The van der Waals surface area contributed by atoms with E-state index < -0.39 is 0 Å². The van der Waals surface area contributed by atoms with Crippen molar-refractivity contribution in [3.8, 4) is 5.75 Å². The number of aryl methyl sites for hydroxylation is 1. The number of aromatic nitrogens is 1. The molecule has 28 heavy (non-hydrogen) atoms. The maximum Gasteiger partial charge on any atom is 0.267 e. The van der Waals surface area contributed by atoms with Crippen molar-refractivity contribution in [1.82, 2.24) is 4.98 Å². The van der Waals surface area contributed by atoms with Crippen LogP contribution in [-0.4, -0.2) is 24.0 Å². The minimum atomic E-state index is -0.130. The number of ether oxygens (including phenoxy) is 1. The normalized spacial score (nSPS) is 13.5. The van der Waals surface area contributed by atoms with E-state index in [-0.39, 0.29) is 5.91 Å². The van der Waals surface area contributed by atoms with Crippen molar-refractivity contribution in [3.05, 3.63) is 70.2 Å². The topological polar surface area (TPSA) is 54.5 Å². The van der Waals surface area contributed by atoms with Crippen LogP contribution in [0.1, 0.15) is 33.2 Å². The van der Waals surface area contributed by atoms with Crippen LogP contribution in [0.3, 0.4) is 0 Å². The highest BCUT2D eigenvalue weighted by atomic mass is 32.1. The Balaban J connectivity index is 1.38. The average molecular weight is 394 g/mol. The first-order valence-corrected chi connectivity index (χ1v) is 10.3. The van der Waals surface area contributed by atoms with Crippen molar-refractivity contribution in [2.24, 2.45) is 0 Å². The lowest BCUT2D eigenvalue weighted by molar-refractivity contribution is 0.103. The Kier molecular flexibility index (Phi) is 5.58. The van der Waals surface area contributed by atoms with Crippen LogP contribution in [0.15, 0.2) is 54.6 Å². The van der Waals surface area contributed by atoms with Crippen molar-refractivity contribution < 1.29 is 9.53 Å². The van der Waals surface area contributed by atoms with Gasteiger partial charge in [-0.05, 0) is 56.2 Å². The van der Waals surface area contributed by atoms with Crippen LogP contribution in [0.5, 0.6) is 5.75 Å². The maximum atomic E-state index is 12.7. The molecule has 0 unspecified atom stereocenters. The first-order valence-electron chi connectivity index (χ1n) is 9.49. The monoisotopic (exact) mass is 393 g/mol. The molecule has 1 aromatic heterocycles. The molecular formula is C22H23N3O2S. The zero-order valence-electron chi connectivity index (χ0n) is 15.9. The molecule has 3 aromatic rings. The van der Waals surface area contributed by atoms with Crippen molar-refractivity contribution in [2.75, 3.05) is 23.3 Å². The smallest absolute Gasteiger partial charge is 0.267 e. The predicted octanol–water partition coefficient (Wildman–Crippen LogP) is 4.88. The number of thiazole rings is 1. The molecule has 0 spiro atoms. The largest absolute Gasteiger partial charge is 0.486 e. The van der Waals surface area contributed by atoms with Crippen molar-refractivity contribution in [3.63, 3.8) is 0 Å². The molecule has 144 valence electrons. The van der Waals surface area contributed by atoms with Crippen LogP contribution in [0.4, 0.5) is 11.4 Å². The molecule has 5 nitrogen and oxygen atoms in total. The Labute approximate surface area is 169 Å². The van der Waals surface area contributed by atoms with E-state index in [0.717, 1.165) is 35.2 Å².